The lowest BCUT2D eigenvalue weighted by Gasteiger charge is -2.13. The number of fused-ring (bicyclic) bond motifs is 1. The van der Waals surface area contributed by atoms with Crippen molar-refractivity contribution in [3.05, 3.63) is 29.1 Å². The van der Waals surface area contributed by atoms with Gasteiger partial charge in [-0.2, -0.15) is 0 Å². The number of hydrogen-bond acceptors (Lipinski definition) is 3. The van der Waals surface area contributed by atoms with E-state index in [0.717, 1.165) is 11.8 Å². The summed E-state index contributed by atoms with van der Waals surface area (Å²) >= 11 is 0. The van der Waals surface area contributed by atoms with Crippen LogP contribution in [0.5, 0.6) is 5.75 Å². The average Bonchev–Trinajstić information content (AvgIpc) is 2.80. The van der Waals surface area contributed by atoms with E-state index in [1.165, 1.54) is 6.07 Å². The molecule has 1 aromatic carbocycles. The monoisotopic (exact) mass is 279 g/mol. The molecule has 0 spiro atoms. The largest absolute Gasteiger partial charge is 0.491 e. The van der Waals surface area contributed by atoms with Gasteiger partial charge in [0, 0.05) is 12.5 Å². The molecule has 1 aliphatic rings. The minimum atomic E-state index is -0.276. The van der Waals surface area contributed by atoms with E-state index in [1.54, 1.807) is 6.92 Å². The van der Waals surface area contributed by atoms with Crippen molar-refractivity contribution in [1.82, 2.24) is 5.32 Å². The smallest absolute Gasteiger partial charge is 0.207 e. The number of carbonyl (C=O) groups excluding carboxylic acids is 2. The molecule has 1 aromatic rings. The van der Waals surface area contributed by atoms with Crippen LogP contribution >= 0.6 is 0 Å². The van der Waals surface area contributed by atoms with Gasteiger partial charge in [-0.1, -0.05) is 0 Å². The van der Waals surface area contributed by atoms with Crippen molar-refractivity contribution < 1.29 is 18.7 Å². The number of ether oxygens (including phenoxy) is 1. The van der Waals surface area contributed by atoms with Crippen LogP contribution in [-0.4, -0.2) is 25.3 Å². The van der Waals surface area contributed by atoms with Crippen molar-refractivity contribution in [3.8, 4) is 5.75 Å². The number of hydrogen-bond donors (Lipinski definition) is 1. The third kappa shape index (κ3) is 3.35. The highest BCUT2D eigenvalue weighted by molar-refractivity contribution is 5.51. The molecule has 0 radical (unpaired) electrons. The second-order valence-electron chi connectivity index (χ2n) is 5.22. The zero-order valence-corrected chi connectivity index (χ0v) is 11.4. The van der Waals surface area contributed by atoms with Crippen molar-refractivity contribution in [2.75, 3.05) is 6.61 Å². The van der Waals surface area contributed by atoms with Gasteiger partial charge in [0.25, 0.3) is 0 Å². The molecule has 1 aliphatic carbocycles. The van der Waals surface area contributed by atoms with Crippen LogP contribution in [0.15, 0.2) is 12.1 Å². The third-order valence-corrected chi connectivity index (χ3v) is 3.54. The van der Waals surface area contributed by atoms with E-state index in [-0.39, 0.29) is 24.4 Å². The summed E-state index contributed by atoms with van der Waals surface area (Å²) in [5.74, 6) is 0.386. The van der Waals surface area contributed by atoms with Gasteiger partial charge in [-0.3, -0.25) is 4.79 Å². The summed E-state index contributed by atoms with van der Waals surface area (Å²) in [6.07, 6.45) is 3.29. The van der Waals surface area contributed by atoms with E-state index in [1.807, 2.05) is 6.07 Å². The molecule has 108 valence electrons. The van der Waals surface area contributed by atoms with Crippen molar-refractivity contribution in [1.29, 1.82) is 0 Å². The van der Waals surface area contributed by atoms with Gasteiger partial charge < -0.3 is 14.8 Å². The number of benzene rings is 1. The summed E-state index contributed by atoms with van der Waals surface area (Å²) in [5, 5.41) is 2.57. The molecule has 2 atom stereocenters. The first-order valence-electron chi connectivity index (χ1n) is 6.71. The predicted octanol–water partition coefficient (Wildman–Crippen LogP) is 1.64. The highest BCUT2D eigenvalue weighted by Crippen LogP contribution is 2.33. The Bertz CT molecular complexity index is 504. The Morgan fingerprint density at radius 1 is 1.45 bits per heavy atom. The quantitative estimate of drug-likeness (QED) is 0.772. The van der Waals surface area contributed by atoms with E-state index < -0.39 is 0 Å². The Morgan fingerprint density at radius 2 is 2.25 bits per heavy atom. The minimum absolute atomic E-state index is 0.133. The zero-order chi connectivity index (χ0) is 14.5. The average molecular weight is 279 g/mol. The maximum Gasteiger partial charge on any atom is 0.207 e. The van der Waals surface area contributed by atoms with Gasteiger partial charge in [0.1, 0.15) is 24.5 Å². The lowest BCUT2D eigenvalue weighted by molar-refractivity contribution is -0.110. The fraction of sp³-hybridized carbons (Fsp3) is 0.467. The van der Waals surface area contributed by atoms with Crippen molar-refractivity contribution in [2.24, 2.45) is 5.92 Å². The molecule has 20 heavy (non-hydrogen) atoms. The number of aldehydes is 1. The van der Waals surface area contributed by atoms with Crippen LogP contribution < -0.4 is 10.1 Å². The zero-order valence-electron chi connectivity index (χ0n) is 11.4. The second-order valence-corrected chi connectivity index (χ2v) is 5.22. The SMILES string of the molecule is CC(COc1cc(F)c2c(c1)CC(CC=O)C2)NC=O. The van der Waals surface area contributed by atoms with Crippen molar-refractivity contribution in [2.45, 2.75) is 32.2 Å². The summed E-state index contributed by atoms with van der Waals surface area (Å²) < 4.78 is 19.5. The number of carbonyl (C=O) groups is 2. The van der Waals surface area contributed by atoms with Crippen LogP contribution in [-0.2, 0) is 22.4 Å². The molecule has 2 rings (SSSR count). The summed E-state index contributed by atoms with van der Waals surface area (Å²) in [4.78, 5) is 20.8. The van der Waals surface area contributed by atoms with E-state index in [2.05, 4.69) is 5.32 Å². The molecule has 1 amide bonds. The maximum absolute atomic E-state index is 14.0. The van der Waals surface area contributed by atoms with Crippen LogP contribution in [0.1, 0.15) is 24.5 Å². The fourth-order valence-corrected chi connectivity index (χ4v) is 2.52. The molecule has 4 nitrogen and oxygen atoms in total. The summed E-state index contributed by atoms with van der Waals surface area (Å²) in [5.41, 5.74) is 1.62. The van der Waals surface area contributed by atoms with E-state index >= 15 is 0 Å². The van der Waals surface area contributed by atoms with Gasteiger partial charge in [-0.05, 0) is 42.9 Å². The normalized spacial score (nSPS) is 18.2. The molecular weight excluding hydrogens is 261 g/mol. The van der Waals surface area contributed by atoms with Crippen LogP contribution in [0.4, 0.5) is 4.39 Å². The van der Waals surface area contributed by atoms with Gasteiger partial charge in [0.05, 0.1) is 6.04 Å². The van der Waals surface area contributed by atoms with Crippen molar-refractivity contribution in [3.63, 3.8) is 0 Å². The first-order chi connectivity index (χ1) is 9.63. The number of amides is 1. The Hall–Kier alpha value is -1.91. The highest BCUT2D eigenvalue weighted by atomic mass is 19.1. The lowest BCUT2D eigenvalue weighted by atomic mass is 10.0. The Labute approximate surface area is 117 Å². The Balaban J connectivity index is 2.04. The molecule has 0 saturated carbocycles. The number of rotatable bonds is 7. The molecule has 0 heterocycles. The third-order valence-electron chi connectivity index (χ3n) is 3.54. The molecule has 0 aromatic heterocycles. The first-order valence-corrected chi connectivity index (χ1v) is 6.71. The van der Waals surface area contributed by atoms with Gasteiger partial charge in [-0.25, -0.2) is 4.39 Å². The van der Waals surface area contributed by atoms with Gasteiger partial charge >= 0.3 is 0 Å². The van der Waals surface area contributed by atoms with Crippen LogP contribution in [0.3, 0.4) is 0 Å². The summed E-state index contributed by atoms with van der Waals surface area (Å²) in [7, 11) is 0. The second kappa shape index (κ2) is 6.50. The molecular formula is C15H18FNO3. The fourth-order valence-electron chi connectivity index (χ4n) is 2.52. The van der Waals surface area contributed by atoms with Gasteiger partial charge in [0.2, 0.25) is 6.41 Å². The van der Waals surface area contributed by atoms with Crippen LogP contribution in [0, 0.1) is 11.7 Å². The van der Waals surface area contributed by atoms with Crippen LogP contribution in [0.25, 0.3) is 0 Å². The Kier molecular flexibility index (Phi) is 4.71. The highest BCUT2D eigenvalue weighted by Gasteiger charge is 2.25. The molecule has 0 saturated heterocycles. The molecule has 0 aliphatic heterocycles. The lowest BCUT2D eigenvalue weighted by Crippen LogP contribution is -2.30. The predicted molar refractivity (Wildman–Crippen MR) is 72.1 cm³/mol. The Morgan fingerprint density at radius 3 is 2.95 bits per heavy atom. The maximum atomic E-state index is 14.0. The van der Waals surface area contributed by atoms with Gasteiger partial charge in [0.15, 0.2) is 0 Å². The van der Waals surface area contributed by atoms with E-state index in [0.29, 0.717) is 37.0 Å². The van der Waals surface area contributed by atoms with Crippen LogP contribution in [0.2, 0.25) is 0 Å². The van der Waals surface area contributed by atoms with E-state index in [4.69, 9.17) is 4.74 Å². The minimum Gasteiger partial charge on any atom is -0.491 e. The molecule has 2 unspecified atom stereocenters. The standard InChI is InChI=1S/C15H18FNO3/c1-10(17-9-19)8-20-13-6-12-4-11(2-3-18)5-14(12)15(16)7-13/h3,6-7,9-11H,2,4-5,8H2,1H3,(H,17,19). The van der Waals surface area contributed by atoms with Gasteiger partial charge in [-0.15, -0.1) is 0 Å². The topological polar surface area (TPSA) is 55.4 Å². The molecule has 0 fully saturated rings. The first kappa shape index (κ1) is 14.5. The molecule has 5 heteroatoms. The number of halogens is 1. The van der Waals surface area contributed by atoms with Crippen molar-refractivity contribution >= 4 is 12.7 Å². The van der Waals surface area contributed by atoms with E-state index in [9.17, 15) is 14.0 Å². The molecule has 1 N–H and O–H groups in total. The number of nitrogens with one attached hydrogen (secondary N) is 1. The summed E-state index contributed by atoms with van der Waals surface area (Å²) in [6, 6.07) is 3.07. The summed E-state index contributed by atoms with van der Waals surface area (Å²) in [6.45, 7) is 2.09. The molecule has 0 bridgehead atoms.